The number of hydrogen-bond donors (Lipinski definition) is 2. The second kappa shape index (κ2) is 7.40. The summed E-state index contributed by atoms with van der Waals surface area (Å²) in [6, 6.07) is 13.2. The number of rotatable bonds is 3. The molecule has 0 bridgehead atoms. The van der Waals surface area contributed by atoms with E-state index in [1.165, 1.54) is 0 Å². The summed E-state index contributed by atoms with van der Waals surface area (Å²) in [5, 5.41) is 5.86. The Labute approximate surface area is 153 Å². The summed E-state index contributed by atoms with van der Waals surface area (Å²) in [5.74, 6) is 0.587. The minimum atomic E-state index is -0.156. The van der Waals surface area contributed by atoms with Gasteiger partial charge in [-0.15, -0.1) is 11.8 Å². The maximum Gasteiger partial charge on any atom is 0.251 e. The molecule has 0 aliphatic carbocycles. The molecule has 1 aliphatic heterocycles. The summed E-state index contributed by atoms with van der Waals surface area (Å²) in [7, 11) is 0. The van der Waals surface area contributed by atoms with E-state index in [4.69, 9.17) is 0 Å². The Morgan fingerprint density at radius 1 is 1.25 bits per heavy atom. The van der Waals surface area contributed by atoms with Crippen LogP contribution in [0.25, 0.3) is 0 Å². The molecule has 1 aliphatic rings. The molecule has 2 N–H and O–H groups in total. The summed E-state index contributed by atoms with van der Waals surface area (Å²) in [6.45, 7) is 1.95. The van der Waals surface area contributed by atoms with Gasteiger partial charge in [-0.1, -0.05) is 28.1 Å². The zero-order valence-corrected chi connectivity index (χ0v) is 15.5. The van der Waals surface area contributed by atoms with Crippen LogP contribution in [0.1, 0.15) is 35.3 Å². The van der Waals surface area contributed by atoms with E-state index in [0.717, 1.165) is 20.7 Å². The van der Waals surface area contributed by atoms with E-state index in [-0.39, 0.29) is 17.9 Å². The van der Waals surface area contributed by atoms with Crippen LogP contribution >= 0.6 is 27.7 Å². The number of carbonyl (C=O) groups is 2. The molecule has 0 fully saturated rings. The molecule has 2 aromatic carbocycles. The predicted molar refractivity (Wildman–Crippen MR) is 100 cm³/mol. The lowest BCUT2D eigenvalue weighted by atomic mass is 10.1. The fourth-order valence-corrected chi connectivity index (χ4v) is 3.68. The summed E-state index contributed by atoms with van der Waals surface area (Å²) >= 11 is 5.03. The summed E-state index contributed by atoms with van der Waals surface area (Å²) < 4.78 is 1.00. The minimum absolute atomic E-state index is 0.0120. The van der Waals surface area contributed by atoms with Crippen molar-refractivity contribution in [2.75, 3.05) is 11.1 Å². The quantitative estimate of drug-likeness (QED) is 0.797. The first-order valence-electron chi connectivity index (χ1n) is 7.66. The number of benzene rings is 2. The molecular formula is C18H17BrN2O2S. The first-order chi connectivity index (χ1) is 11.5. The third-order valence-electron chi connectivity index (χ3n) is 3.82. The van der Waals surface area contributed by atoms with Gasteiger partial charge < -0.3 is 10.6 Å². The van der Waals surface area contributed by atoms with Crippen molar-refractivity contribution in [3.05, 3.63) is 58.1 Å². The Bertz CT molecular complexity index is 777. The van der Waals surface area contributed by atoms with Crippen LogP contribution in [0.5, 0.6) is 0 Å². The van der Waals surface area contributed by atoms with Gasteiger partial charge in [0.1, 0.15) is 0 Å². The Morgan fingerprint density at radius 2 is 2.00 bits per heavy atom. The van der Waals surface area contributed by atoms with E-state index in [0.29, 0.717) is 17.7 Å². The lowest BCUT2D eigenvalue weighted by Crippen LogP contribution is -2.26. The van der Waals surface area contributed by atoms with Gasteiger partial charge in [0.15, 0.2) is 0 Å². The average Bonchev–Trinajstić information content (AvgIpc) is 2.75. The van der Waals surface area contributed by atoms with Gasteiger partial charge in [-0.2, -0.15) is 0 Å². The maximum atomic E-state index is 12.5. The number of halogens is 1. The Morgan fingerprint density at radius 3 is 2.75 bits per heavy atom. The number of thioether (sulfide) groups is 1. The van der Waals surface area contributed by atoms with Crippen molar-refractivity contribution in [2.45, 2.75) is 24.3 Å². The van der Waals surface area contributed by atoms with Gasteiger partial charge in [0.2, 0.25) is 5.91 Å². The Balaban J connectivity index is 1.75. The lowest BCUT2D eigenvalue weighted by molar-refractivity contribution is -0.115. The minimum Gasteiger partial charge on any atom is -0.346 e. The van der Waals surface area contributed by atoms with Gasteiger partial charge in [0.05, 0.1) is 11.7 Å². The van der Waals surface area contributed by atoms with Gasteiger partial charge in [-0.05, 0) is 42.8 Å². The van der Waals surface area contributed by atoms with Crippen LogP contribution in [0.4, 0.5) is 5.69 Å². The SMILES string of the molecule is CC(NC(=O)c1ccc2c(c1)NC(=O)CCS2)c1ccc(Br)cc1. The highest BCUT2D eigenvalue weighted by molar-refractivity contribution is 9.10. The highest BCUT2D eigenvalue weighted by Crippen LogP contribution is 2.31. The van der Waals surface area contributed by atoms with E-state index < -0.39 is 0 Å². The van der Waals surface area contributed by atoms with Crippen molar-refractivity contribution in [3.63, 3.8) is 0 Å². The zero-order chi connectivity index (χ0) is 17.1. The van der Waals surface area contributed by atoms with Crippen molar-refractivity contribution >= 4 is 45.2 Å². The van der Waals surface area contributed by atoms with E-state index in [1.54, 1.807) is 23.9 Å². The van der Waals surface area contributed by atoms with E-state index in [1.807, 2.05) is 37.3 Å². The van der Waals surface area contributed by atoms with Crippen LogP contribution in [-0.4, -0.2) is 17.6 Å². The van der Waals surface area contributed by atoms with Crippen molar-refractivity contribution in [3.8, 4) is 0 Å². The van der Waals surface area contributed by atoms with E-state index in [9.17, 15) is 9.59 Å². The molecule has 0 saturated heterocycles. The standard InChI is InChI=1S/C18H17BrN2O2S/c1-11(12-2-5-14(19)6-3-12)20-18(23)13-4-7-16-15(10-13)21-17(22)8-9-24-16/h2-7,10-11H,8-9H2,1H3,(H,20,23)(H,21,22). The highest BCUT2D eigenvalue weighted by Gasteiger charge is 2.17. The number of fused-ring (bicyclic) bond motifs is 1. The molecule has 1 unspecified atom stereocenters. The number of hydrogen-bond acceptors (Lipinski definition) is 3. The summed E-state index contributed by atoms with van der Waals surface area (Å²) in [5.41, 5.74) is 2.29. The zero-order valence-electron chi connectivity index (χ0n) is 13.1. The topological polar surface area (TPSA) is 58.2 Å². The fourth-order valence-electron chi connectivity index (χ4n) is 2.48. The molecule has 2 amide bonds. The highest BCUT2D eigenvalue weighted by atomic mass is 79.9. The molecule has 3 rings (SSSR count). The smallest absolute Gasteiger partial charge is 0.251 e. The molecule has 0 aromatic heterocycles. The lowest BCUT2D eigenvalue weighted by Gasteiger charge is -2.15. The first-order valence-corrected chi connectivity index (χ1v) is 9.44. The second-order valence-electron chi connectivity index (χ2n) is 5.60. The van der Waals surface area contributed by atoms with Crippen LogP contribution in [0.15, 0.2) is 51.8 Å². The third kappa shape index (κ3) is 3.99. The van der Waals surface area contributed by atoms with Gasteiger partial charge in [0, 0.05) is 27.1 Å². The monoisotopic (exact) mass is 404 g/mol. The molecule has 1 heterocycles. The normalized spacial score (nSPS) is 15.0. The van der Waals surface area contributed by atoms with Crippen LogP contribution < -0.4 is 10.6 Å². The number of nitrogens with one attached hydrogen (secondary N) is 2. The first kappa shape index (κ1) is 17.0. The van der Waals surface area contributed by atoms with Crippen LogP contribution in [0.3, 0.4) is 0 Å². The van der Waals surface area contributed by atoms with Gasteiger partial charge in [-0.25, -0.2) is 0 Å². The van der Waals surface area contributed by atoms with Gasteiger partial charge >= 0.3 is 0 Å². The van der Waals surface area contributed by atoms with Gasteiger partial charge in [0.25, 0.3) is 5.91 Å². The molecule has 24 heavy (non-hydrogen) atoms. The molecule has 4 nitrogen and oxygen atoms in total. The molecule has 0 saturated carbocycles. The summed E-state index contributed by atoms with van der Waals surface area (Å²) in [4.78, 5) is 25.2. The number of anilines is 1. The molecule has 2 aromatic rings. The van der Waals surface area contributed by atoms with Crippen LogP contribution in [-0.2, 0) is 4.79 Å². The number of carbonyl (C=O) groups excluding carboxylic acids is 2. The molecule has 1 atom stereocenters. The predicted octanol–water partition coefficient (Wildman–Crippen LogP) is 4.37. The fraction of sp³-hybridized carbons (Fsp3) is 0.222. The Kier molecular flexibility index (Phi) is 5.26. The van der Waals surface area contributed by atoms with Crippen LogP contribution in [0, 0.1) is 0 Å². The number of amides is 2. The van der Waals surface area contributed by atoms with Crippen molar-refractivity contribution < 1.29 is 9.59 Å². The molecule has 124 valence electrons. The molecule has 6 heteroatoms. The van der Waals surface area contributed by atoms with Crippen LogP contribution in [0.2, 0.25) is 0 Å². The second-order valence-corrected chi connectivity index (χ2v) is 7.66. The van der Waals surface area contributed by atoms with Crippen molar-refractivity contribution in [2.24, 2.45) is 0 Å². The Hall–Kier alpha value is -1.79. The summed E-state index contributed by atoms with van der Waals surface area (Å²) in [6.07, 6.45) is 0.488. The molecule has 0 spiro atoms. The van der Waals surface area contributed by atoms with Gasteiger partial charge in [-0.3, -0.25) is 9.59 Å². The van der Waals surface area contributed by atoms with E-state index >= 15 is 0 Å². The van der Waals surface area contributed by atoms with Crippen molar-refractivity contribution in [1.82, 2.24) is 5.32 Å². The van der Waals surface area contributed by atoms with E-state index in [2.05, 4.69) is 26.6 Å². The van der Waals surface area contributed by atoms with Crippen molar-refractivity contribution in [1.29, 1.82) is 0 Å². The molecular weight excluding hydrogens is 388 g/mol. The largest absolute Gasteiger partial charge is 0.346 e. The maximum absolute atomic E-state index is 12.5. The average molecular weight is 405 g/mol. The molecule has 0 radical (unpaired) electrons. The third-order valence-corrected chi connectivity index (χ3v) is 5.42.